The fourth-order valence-corrected chi connectivity index (χ4v) is 3.53. The van der Waals surface area contributed by atoms with E-state index in [1.807, 2.05) is 0 Å². The van der Waals surface area contributed by atoms with E-state index in [0.717, 1.165) is 18.7 Å². The minimum atomic E-state index is -0.173. The molecule has 0 bridgehead atoms. The molecule has 1 aromatic rings. The minimum Gasteiger partial charge on any atom is -0.372 e. The van der Waals surface area contributed by atoms with Gasteiger partial charge in [-0.1, -0.05) is 12.1 Å². The lowest BCUT2D eigenvalue weighted by molar-refractivity contribution is -0.132. The number of amides is 3. The Bertz CT molecular complexity index is 596. The molecule has 2 aliphatic heterocycles. The highest BCUT2D eigenvalue weighted by Gasteiger charge is 2.23. The molecule has 3 amide bonds. The van der Waals surface area contributed by atoms with Gasteiger partial charge in [0.2, 0.25) is 5.91 Å². The maximum atomic E-state index is 12.1. The van der Waals surface area contributed by atoms with Gasteiger partial charge in [-0.05, 0) is 43.4 Å². The van der Waals surface area contributed by atoms with Gasteiger partial charge in [-0.15, -0.1) is 0 Å². The third kappa shape index (κ3) is 4.87. The van der Waals surface area contributed by atoms with Crippen molar-refractivity contribution >= 4 is 17.6 Å². The predicted octanol–water partition coefficient (Wildman–Crippen LogP) is 2.10. The van der Waals surface area contributed by atoms with Gasteiger partial charge in [-0.25, -0.2) is 4.79 Å². The van der Waals surface area contributed by atoms with Gasteiger partial charge in [-0.3, -0.25) is 4.79 Å². The third-order valence-corrected chi connectivity index (χ3v) is 5.07. The number of piperidine rings is 2. The van der Waals surface area contributed by atoms with Gasteiger partial charge in [0.15, 0.2) is 0 Å². The van der Waals surface area contributed by atoms with Crippen LogP contribution in [0.5, 0.6) is 0 Å². The fourth-order valence-electron chi connectivity index (χ4n) is 3.53. The summed E-state index contributed by atoms with van der Waals surface area (Å²) < 4.78 is 0. The number of hydrogen-bond acceptors (Lipinski definition) is 3. The average Bonchev–Trinajstić information content (AvgIpc) is 2.64. The second kappa shape index (κ2) is 8.23. The first kappa shape index (κ1) is 17.6. The highest BCUT2D eigenvalue weighted by atomic mass is 16.2. The molecule has 6 nitrogen and oxygen atoms in total. The van der Waals surface area contributed by atoms with Crippen molar-refractivity contribution in [3.05, 3.63) is 29.8 Å². The van der Waals surface area contributed by atoms with Crippen LogP contribution in [0.3, 0.4) is 0 Å². The molecule has 25 heavy (non-hydrogen) atoms. The number of likely N-dealkylation sites (N-methyl/N-ethyl adjacent to an activating group) is 1. The number of likely N-dealkylation sites (tertiary alicyclic amines) is 1. The second-order valence-corrected chi connectivity index (χ2v) is 7.05. The first-order chi connectivity index (χ1) is 12.1. The summed E-state index contributed by atoms with van der Waals surface area (Å²) in [5, 5.41) is 5.86. The lowest BCUT2D eigenvalue weighted by atomic mass is 10.1. The minimum absolute atomic E-state index is 0.0316. The number of rotatable bonds is 4. The molecule has 3 rings (SSSR count). The van der Waals surface area contributed by atoms with Gasteiger partial charge < -0.3 is 20.4 Å². The summed E-state index contributed by atoms with van der Waals surface area (Å²) in [4.78, 5) is 27.6. The first-order valence-electron chi connectivity index (χ1n) is 9.24. The zero-order valence-corrected chi connectivity index (χ0v) is 15.0. The van der Waals surface area contributed by atoms with E-state index < -0.39 is 0 Å². The maximum Gasteiger partial charge on any atom is 0.315 e. The van der Waals surface area contributed by atoms with Crippen molar-refractivity contribution in [2.45, 2.75) is 44.7 Å². The number of nitrogens with one attached hydrogen (secondary N) is 2. The lowest BCUT2D eigenvalue weighted by Crippen LogP contribution is -2.50. The predicted molar refractivity (Wildman–Crippen MR) is 98.5 cm³/mol. The maximum absolute atomic E-state index is 12.1. The summed E-state index contributed by atoms with van der Waals surface area (Å²) in [6.07, 6.45) is 5.08. The molecule has 6 heteroatoms. The number of carbonyl (C=O) groups is 2. The highest BCUT2D eigenvalue weighted by Crippen LogP contribution is 2.20. The zero-order chi connectivity index (χ0) is 17.6. The molecule has 2 heterocycles. The quantitative estimate of drug-likeness (QED) is 0.879. The van der Waals surface area contributed by atoms with Crippen LogP contribution in [0.25, 0.3) is 0 Å². The van der Waals surface area contributed by atoms with Crippen LogP contribution in [-0.2, 0) is 11.3 Å². The molecule has 0 unspecified atom stereocenters. The Hall–Kier alpha value is -2.24. The Morgan fingerprint density at radius 1 is 1.16 bits per heavy atom. The Labute approximate surface area is 149 Å². The molecule has 1 atom stereocenters. The van der Waals surface area contributed by atoms with Gasteiger partial charge in [0.1, 0.15) is 0 Å². The van der Waals surface area contributed by atoms with Crippen LogP contribution in [0.4, 0.5) is 10.5 Å². The fraction of sp³-hybridized carbons (Fsp3) is 0.579. The average molecular weight is 344 g/mol. The zero-order valence-electron chi connectivity index (χ0n) is 15.0. The van der Waals surface area contributed by atoms with E-state index in [-0.39, 0.29) is 18.0 Å². The van der Waals surface area contributed by atoms with E-state index in [0.29, 0.717) is 25.9 Å². The summed E-state index contributed by atoms with van der Waals surface area (Å²) in [7, 11) is 1.78. The summed E-state index contributed by atoms with van der Waals surface area (Å²) >= 11 is 0. The molecule has 1 aromatic carbocycles. The van der Waals surface area contributed by atoms with E-state index in [4.69, 9.17) is 0 Å². The Morgan fingerprint density at radius 2 is 1.88 bits per heavy atom. The number of anilines is 1. The highest BCUT2D eigenvalue weighted by molar-refractivity contribution is 5.78. The van der Waals surface area contributed by atoms with Crippen molar-refractivity contribution in [3.63, 3.8) is 0 Å². The van der Waals surface area contributed by atoms with E-state index >= 15 is 0 Å². The van der Waals surface area contributed by atoms with E-state index in [9.17, 15) is 9.59 Å². The first-order valence-corrected chi connectivity index (χ1v) is 9.24. The standard InChI is InChI=1S/C19H28N4O2/c1-22-14-16(7-10-18(22)24)21-19(25)20-13-15-5-8-17(9-6-15)23-11-3-2-4-12-23/h5-6,8-9,16H,2-4,7,10-14H2,1H3,(H2,20,21,25)/t16-/m1/s1. The number of nitrogens with zero attached hydrogens (tertiary/aromatic N) is 2. The molecular formula is C19H28N4O2. The molecule has 0 spiro atoms. The number of urea groups is 1. The van der Waals surface area contributed by atoms with Crippen LogP contribution in [0, 0.1) is 0 Å². The molecule has 0 aromatic heterocycles. The van der Waals surface area contributed by atoms with Crippen molar-refractivity contribution in [2.24, 2.45) is 0 Å². The molecule has 0 radical (unpaired) electrons. The van der Waals surface area contributed by atoms with Gasteiger partial charge in [0, 0.05) is 51.4 Å². The Kier molecular flexibility index (Phi) is 5.79. The van der Waals surface area contributed by atoms with Crippen molar-refractivity contribution in [1.29, 1.82) is 0 Å². The van der Waals surface area contributed by atoms with Crippen LogP contribution in [0.2, 0.25) is 0 Å². The number of benzene rings is 1. The normalized spacial score (nSPS) is 21.2. The lowest BCUT2D eigenvalue weighted by Gasteiger charge is -2.30. The smallest absolute Gasteiger partial charge is 0.315 e. The molecule has 2 N–H and O–H groups in total. The molecule has 0 saturated carbocycles. The van der Waals surface area contributed by atoms with Gasteiger partial charge in [0.05, 0.1) is 0 Å². The van der Waals surface area contributed by atoms with Gasteiger partial charge in [0.25, 0.3) is 0 Å². The van der Waals surface area contributed by atoms with Gasteiger partial charge in [-0.2, -0.15) is 0 Å². The SMILES string of the molecule is CN1C[C@H](NC(=O)NCc2ccc(N3CCCCC3)cc2)CCC1=O. The van der Waals surface area contributed by atoms with E-state index in [2.05, 4.69) is 39.8 Å². The van der Waals surface area contributed by atoms with Crippen LogP contribution < -0.4 is 15.5 Å². The molecule has 2 fully saturated rings. The Morgan fingerprint density at radius 3 is 2.56 bits per heavy atom. The molecule has 0 aliphatic carbocycles. The van der Waals surface area contributed by atoms with Crippen LogP contribution >= 0.6 is 0 Å². The topological polar surface area (TPSA) is 64.7 Å². The van der Waals surface area contributed by atoms with Crippen LogP contribution in [0.1, 0.15) is 37.7 Å². The summed E-state index contributed by atoms with van der Waals surface area (Å²) in [6.45, 7) is 3.36. The van der Waals surface area contributed by atoms with Crippen molar-refractivity contribution in [2.75, 3.05) is 31.6 Å². The number of hydrogen-bond donors (Lipinski definition) is 2. The van der Waals surface area contributed by atoms with Crippen molar-refractivity contribution < 1.29 is 9.59 Å². The third-order valence-electron chi connectivity index (χ3n) is 5.07. The molecule has 136 valence electrons. The van der Waals surface area contributed by atoms with E-state index in [1.54, 1.807) is 11.9 Å². The molecular weight excluding hydrogens is 316 g/mol. The largest absolute Gasteiger partial charge is 0.372 e. The molecule has 2 saturated heterocycles. The summed E-state index contributed by atoms with van der Waals surface area (Å²) in [5.74, 6) is 0.146. The van der Waals surface area contributed by atoms with Crippen LogP contribution in [0.15, 0.2) is 24.3 Å². The Balaban J connectivity index is 1.43. The van der Waals surface area contributed by atoms with Crippen molar-refractivity contribution in [1.82, 2.24) is 15.5 Å². The monoisotopic (exact) mass is 344 g/mol. The van der Waals surface area contributed by atoms with E-state index in [1.165, 1.54) is 24.9 Å². The number of carbonyl (C=O) groups excluding carboxylic acids is 2. The summed E-state index contributed by atoms with van der Waals surface area (Å²) in [5.41, 5.74) is 2.36. The van der Waals surface area contributed by atoms with Gasteiger partial charge >= 0.3 is 6.03 Å². The van der Waals surface area contributed by atoms with Crippen LogP contribution in [-0.4, -0.2) is 49.6 Å². The summed E-state index contributed by atoms with van der Waals surface area (Å²) in [6, 6.07) is 8.30. The molecule has 2 aliphatic rings. The van der Waals surface area contributed by atoms with Crippen molar-refractivity contribution in [3.8, 4) is 0 Å². The second-order valence-electron chi connectivity index (χ2n) is 7.05.